The van der Waals surface area contributed by atoms with Crippen molar-refractivity contribution in [3.63, 3.8) is 0 Å². The van der Waals surface area contributed by atoms with E-state index in [1.807, 2.05) is 13.0 Å². The second kappa shape index (κ2) is 6.23. The molecule has 3 heteroatoms. The number of aliphatic hydroxyl groups excluding tert-OH is 1. The van der Waals surface area contributed by atoms with E-state index in [4.69, 9.17) is 5.11 Å². The van der Waals surface area contributed by atoms with Crippen LogP contribution in [0.3, 0.4) is 0 Å². The van der Waals surface area contributed by atoms with Crippen molar-refractivity contribution in [1.82, 2.24) is 0 Å². The lowest BCUT2D eigenvalue weighted by atomic mass is 10.0. The summed E-state index contributed by atoms with van der Waals surface area (Å²) in [6, 6.07) is 4.33. The average molecular weight is 273 g/mol. The number of carbonyl (C=O) groups is 1. The van der Waals surface area contributed by atoms with Crippen molar-refractivity contribution in [2.24, 2.45) is 0 Å². The Morgan fingerprint density at radius 1 is 1.40 bits per heavy atom. The van der Waals surface area contributed by atoms with Gasteiger partial charge in [0, 0.05) is 25.4 Å². The molecule has 1 heterocycles. The van der Waals surface area contributed by atoms with Crippen LogP contribution in [0.2, 0.25) is 0 Å². The first-order chi connectivity index (χ1) is 9.52. The van der Waals surface area contributed by atoms with Crippen LogP contribution in [-0.4, -0.2) is 30.6 Å². The van der Waals surface area contributed by atoms with Crippen LogP contribution in [0.4, 0.5) is 5.69 Å². The highest BCUT2D eigenvalue weighted by Crippen LogP contribution is 2.33. The molecule has 0 saturated carbocycles. The molecule has 0 aliphatic carbocycles. The maximum atomic E-state index is 11.3. The van der Waals surface area contributed by atoms with Crippen LogP contribution >= 0.6 is 0 Å². The van der Waals surface area contributed by atoms with E-state index in [9.17, 15) is 4.79 Å². The van der Waals surface area contributed by atoms with E-state index in [2.05, 4.69) is 24.0 Å². The summed E-state index contributed by atoms with van der Waals surface area (Å²) in [4.78, 5) is 13.7. The van der Waals surface area contributed by atoms with Gasteiger partial charge in [0.25, 0.3) is 0 Å². The highest BCUT2D eigenvalue weighted by Gasteiger charge is 2.21. The second-order valence-corrected chi connectivity index (χ2v) is 5.54. The van der Waals surface area contributed by atoms with Gasteiger partial charge in [-0.3, -0.25) is 4.79 Å². The van der Waals surface area contributed by atoms with Crippen LogP contribution in [0.15, 0.2) is 17.7 Å². The van der Waals surface area contributed by atoms with E-state index in [1.54, 1.807) is 6.92 Å². The van der Waals surface area contributed by atoms with Gasteiger partial charge in [0.15, 0.2) is 5.78 Å². The smallest absolute Gasteiger partial charge is 0.155 e. The Hall–Kier alpha value is -1.61. The topological polar surface area (TPSA) is 40.5 Å². The lowest BCUT2D eigenvalue weighted by Crippen LogP contribution is -2.23. The lowest BCUT2D eigenvalue weighted by molar-refractivity contribution is -0.113. The fourth-order valence-corrected chi connectivity index (χ4v) is 2.81. The largest absolute Gasteiger partial charge is 0.396 e. The molecule has 0 spiro atoms. The molecule has 0 unspecified atom stereocenters. The zero-order valence-corrected chi connectivity index (χ0v) is 12.6. The molecule has 0 atom stereocenters. The molecular formula is C17H23NO2. The minimum absolute atomic E-state index is 0.118. The van der Waals surface area contributed by atoms with E-state index < -0.39 is 0 Å². The normalized spacial score (nSPS) is 14.6. The fraction of sp³-hybridized carbons (Fsp3) is 0.471. The number of aliphatic hydroxyl groups is 1. The number of carbonyl (C=O) groups excluding carboxylic acids is 1. The van der Waals surface area contributed by atoms with Gasteiger partial charge in [0.2, 0.25) is 0 Å². The number of hydrogen-bond acceptors (Lipinski definition) is 3. The van der Waals surface area contributed by atoms with E-state index in [-0.39, 0.29) is 12.4 Å². The van der Waals surface area contributed by atoms with Gasteiger partial charge in [-0.05, 0) is 74.1 Å². The molecule has 0 bridgehead atoms. The molecule has 0 radical (unpaired) electrons. The maximum absolute atomic E-state index is 11.3. The van der Waals surface area contributed by atoms with Gasteiger partial charge >= 0.3 is 0 Å². The summed E-state index contributed by atoms with van der Waals surface area (Å²) >= 11 is 0. The Bertz CT molecular complexity index is 546. The molecule has 0 amide bonds. The van der Waals surface area contributed by atoms with E-state index in [0.29, 0.717) is 0 Å². The zero-order valence-electron chi connectivity index (χ0n) is 12.6. The zero-order chi connectivity index (χ0) is 14.7. The van der Waals surface area contributed by atoms with Crippen molar-refractivity contribution in [3.05, 3.63) is 34.4 Å². The molecule has 20 heavy (non-hydrogen) atoms. The average Bonchev–Trinajstić information content (AvgIpc) is 2.79. The first-order valence-corrected chi connectivity index (χ1v) is 7.21. The van der Waals surface area contributed by atoms with Crippen molar-refractivity contribution in [2.75, 3.05) is 24.6 Å². The van der Waals surface area contributed by atoms with Gasteiger partial charge in [-0.1, -0.05) is 0 Å². The quantitative estimate of drug-likeness (QED) is 0.839. The lowest BCUT2D eigenvalue weighted by Gasteiger charge is -2.21. The minimum Gasteiger partial charge on any atom is -0.396 e. The van der Waals surface area contributed by atoms with Gasteiger partial charge in [-0.25, -0.2) is 0 Å². The molecule has 1 N–H and O–H groups in total. The number of anilines is 1. The van der Waals surface area contributed by atoms with Gasteiger partial charge in [0.05, 0.1) is 0 Å². The molecule has 1 aromatic rings. The maximum Gasteiger partial charge on any atom is 0.155 e. The second-order valence-electron chi connectivity index (χ2n) is 5.54. The fourth-order valence-electron chi connectivity index (χ4n) is 2.81. The number of nitrogens with zero attached hydrogens (tertiary/aromatic N) is 1. The van der Waals surface area contributed by atoms with Crippen molar-refractivity contribution >= 4 is 17.5 Å². The Morgan fingerprint density at radius 2 is 2.15 bits per heavy atom. The number of rotatable bonds is 5. The summed E-state index contributed by atoms with van der Waals surface area (Å²) in [5, 5.41) is 8.97. The number of benzene rings is 1. The molecule has 2 rings (SSSR count). The van der Waals surface area contributed by atoms with Gasteiger partial charge in [0.1, 0.15) is 0 Å². The number of aryl methyl sites for hydroxylation is 1. The third-order valence-corrected chi connectivity index (χ3v) is 3.89. The molecular weight excluding hydrogens is 250 g/mol. The highest BCUT2D eigenvalue weighted by molar-refractivity contribution is 5.97. The van der Waals surface area contributed by atoms with Crippen LogP contribution in [0.1, 0.15) is 37.0 Å². The first-order valence-electron chi connectivity index (χ1n) is 7.21. The summed E-state index contributed by atoms with van der Waals surface area (Å²) in [6.07, 6.45) is 3.82. The number of allylic oxidation sites excluding steroid dienone is 1. The van der Waals surface area contributed by atoms with Gasteiger partial charge in [-0.15, -0.1) is 0 Å². The standard InChI is InChI=1S/C17H23NO2/c1-12(14(3)20)9-15-10-13(2)17-16(11-15)5-7-18(17)6-4-8-19/h9-11,19H,4-8H2,1-3H3/b12-9+. The Balaban J connectivity index is 2.29. The van der Waals surface area contributed by atoms with Crippen molar-refractivity contribution < 1.29 is 9.90 Å². The minimum atomic E-state index is 0.118. The van der Waals surface area contributed by atoms with E-state index in [1.165, 1.54) is 16.8 Å². The van der Waals surface area contributed by atoms with Crippen LogP contribution in [0.25, 0.3) is 6.08 Å². The SMILES string of the molecule is CC(=O)/C(C)=C/c1cc(C)c2c(c1)CCN2CCCO. The number of ketones is 1. The molecule has 1 aliphatic heterocycles. The van der Waals surface area contributed by atoms with Crippen LogP contribution < -0.4 is 4.90 Å². The number of fused-ring (bicyclic) bond motifs is 1. The van der Waals surface area contributed by atoms with Crippen molar-refractivity contribution in [2.45, 2.75) is 33.6 Å². The van der Waals surface area contributed by atoms with Gasteiger partial charge in [-0.2, -0.15) is 0 Å². The summed E-state index contributed by atoms with van der Waals surface area (Å²) in [6.45, 7) is 7.75. The van der Waals surface area contributed by atoms with Gasteiger partial charge < -0.3 is 10.0 Å². The first kappa shape index (κ1) is 14.8. The molecule has 1 aromatic carbocycles. The Kier molecular flexibility index (Phi) is 4.61. The third-order valence-electron chi connectivity index (χ3n) is 3.89. The van der Waals surface area contributed by atoms with Crippen LogP contribution in [0, 0.1) is 6.92 Å². The molecule has 0 aromatic heterocycles. The number of Topliss-reactive ketones (excluding diaryl/α,β-unsaturated/α-hetero) is 1. The van der Waals surface area contributed by atoms with E-state index >= 15 is 0 Å². The summed E-state index contributed by atoms with van der Waals surface area (Å²) < 4.78 is 0. The molecule has 3 nitrogen and oxygen atoms in total. The van der Waals surface area contributed by atoms with Crippen LogP contribution in [-0.2, 0) is 11.2 Å². The molecule has 0 saturated heterocycles. The van der Waals surface area contributed by atoms with Crippen LogP contribution in [0.5, 0.6) is 0 Å². The summed E-state index contributed by atoms with van der Waals surface area (Å²) in [5.74, 6) is 0.118. The predicted octanol–water partition coefficient (Wildman–Crippen LogP) is 2.73. The highest BCUT2D eigenvalue weighted by atomic mass is 16.3. The summed E-state index contributed by atoms with van der Waals surface area (Å²) in [7, 11) is 0. The monoisotopic (exact) mass is 273 g/mol. The summed E-state index contributed by atoms with van der Waals surface area (Å²) in [5.41, 5.74) is 5.82. The Labute approximate surface area is 120 Å². The molecule has 0 fully saturated rings. The molecule has 1 aliphatic rings. The number of hydrogen-bond donors (Lipinski definition) is 1. The van der Waals surface area contributed by atoms with E-state index in [0.717, 1.165) is 37.1 Å². The predicted molar refractivity (Wildman–Crippen MR) is 83.1 cm³/mol. The van der Waals surface area contributed by atoms with Crippen molar-refractivity contribution in [1.29, 1.82) is 0 Å². The Morgan fingerprint density at radius 3 is 2.80 bits per heavy atom. The van der Waals surface area contributed by atoms with Crippen molar-refractivity contribution in [3.8, 4) is 0 Å². The molecule has 108 valence electrons. The third kappa shape index (κ3) is 3.10.